The first-order chi connectivity index (χ1) is 11.3. The second-order valence-corrected chi connectivity index (χ2v) is 7.34. The lowest BCUT2D eigenvalue weighted by Gasteiger charge is -2.39. The highest BCUT2D eigenvalue weighted by Crippen LogP contribution is 2.24. The molecule has 1 aliphatic carbocycles. The molecule has 1 N–H and O–H groups in total. The van der Waals surface area contributed by atoms with Gasteiger partial charge in [0.05, 0.1) is 12.6 Å². The van der Waals surface area contributed by atoms with Crippen molar-refractivity contribution in [3.8, 4) is 6.07 Å². The van der Waals surface area contributed by atoms with E-state index in [1.807, 2.05) is 0 Å². The Morgan fingerprint density at radius 1 is 1.04 bits per heavy atom. The number of nitriles is 1. The fourth-order valence-corrected chi connectivity index (χ4v) is 4.35. The van der Waals surface area contributed by atoms with Crippen LogP contribution in [0.2, 0.25) is 0 Å². The third-order valence-electron chi connectivity index (χ3n) is 5.35. The molecule has 2 atom stereocenters. The fourth-order valence-electron chi connectivity index (χ4n) is 4.35. The predicted molar refractivity (Wildman–Crippen MR) is 94.1 cm³/mol. The van der Waals surface area contributed by atoms with Crippen LogP contribution in [0.25, 0.3) is 0 Å². The topological polar surface area (TPSA) is 39.1 Å². The van der Waals surface area contributed by atoms with Crippen molar-refractivity contribution >= 4 is 0 Å². The zero-order chi connectivity index (χ0) is 15.9. The van der Waals surface area contributed by atoms with Gasteiger partial charge in [0.2, 0.25) is 0 Å². The van der Waals surface area contributed by atoms with Gasteiger partial charge in [0.25, 0.3) is 0 Å². The molecule has 2 fully saturated rings. The van der Waals surface area contributed by atoms with Crippen LogP contribution in [0.15, 0.2) is 30.3 Å². The number of hydrogen-bond donors (Lipinski definition) is 1. The molecule has 1 saturated carbocycles. The monoisotopic (exact) mass is 311 g/mol. The number of rotatable bonds is 5. The lowest BCUT2D eigenvalue weighted by molar-refractivity contribution is 0.143. The summed E-state index contributed by atoms with van der Waals surface area (Å²) in [6.45, 7) is 2.66. The smallest absolute Gasteiger partial charge is 0.0866 e. The number of benzene rings is 1. The third-order valence-corrected chi connectivity index (χ3v) is 5.35. The maximum absolute atomic E-state index is 9.09. The number of nitrogens with one attached hydrogen (secondary N) is 1. The molecule has 0 radical (unpaired) electrons. The molecule has 0 spiro atoms. The van der Waals surface area contributed by atoms with Gasteiger partial charge in [-0.2, -0.15) is 5.26 Å². The summed E-state index contributed by atoms with van der Waals surface area (Å²) in [7, 11) is 0. The summed E-state index contributed by atoms with van der Waals surface area (Å²) < 4.78 is 0. The number of nitrogens with zero attached hydrogens (tertiary/aromatic N) is 2. The Kier molecular flexibility index (Phi) is 6.07. The van der Waals surface area contributed by atoms with Crippen LogP contribution < -0.4 is 5.32 Å². The van der Waals surface area contributed by atoms with Gasteiger partial charge in [-0.05, 0) is 37.2 Å². The molecule has 1 aliphatic heterocycles. The Morgan fingerprint density at radius 3 is 2.57 bits per heavy atom. The molecule has 0 bridgehead atoms. The number of hydrogen-bond acceptors (Lipinski definition) is 3. The van der Waals surface area contributed by atoms with Crippen molar-refractivity contribution in [2.45, 2.75) is 57.0 Å². The van der Waals surface area contributed by atoms with E-state index in [9.17, 15) is 0 Å². The number of likely N-dealkylation sites (tertiary alicyclic amines) is 1. The van der Waals surface area contributed by atoms with Crippen molar-refractivity contribution in [2.24, 2.45) is 5.92 Å². The Labute approximate surface area is 140 Å². The van der Waals surface area contributed by atoms with Crippen LogP contribution in [-0.2, 0) is 6.42 Å². The van der Waals surface area contributed by atoms with Gasteiger partial charge in [0.1, 0.15) is 0 Å². The molecule has 124 valence electrons. The van der Waals surface area contributed by atoms with Crippen LogP contribution in [0.4, 0.5) is 0 Å². The Balaban J connectivity index is 1.59. The zero-order valence-electron chi connectivity index (χ0n) is 14.1. The second-order valence-electron chi connectivity index (χ2n) is 7.34. The molecular weight excluding hydrogens is 282 g/mol. The molecule has 3 heteroatoms. The second kappa shape index (κ2) is 8.47. The van der Waals surface area contributed by atoms with Gasteiger partial charge >= 0.3 is 0 Å². The Bertz CT molecular complexity index is 501. The molecule has 1 saturated heterocycles. The summed E-state index contributed by atoms with van der Waals surface area (Å²) in [5, 5.41) is 13.0. The quantitative estimate of drug-likeness (QED) is 0.848. The summed E-state index contributed by atoms with van der Waals surface area (Å²) in [6.07, 6.45) is 9.19. The first-order valence-corrected chi connectivity index (χ1v) is 9.23. The molecule has 1 aromatic rings. The fraction of sp³-hybridized carbons (Fsp3) is 0.650. The zero-order valence-corrected chi connectivity index (χ0v) is 14.1. The standard InChI is InChI=1S/C20H29N3/c21-11-12-23-15-18(13-17-7-3-1-4-8-17)14-20(16-23)22-19-9-5-2-6-10-19/h1,3-4,7-8,18-20,22H,2,5-6,9-10,12-16H2. The first kappa shape index (κ1) is 16.5. The lowest BCUT2D eigenvalue weighted by atomic mass is 9.87. The van der Waals surface area contributed by atoms with E-state index in [1.54, 1.807) is 0 Å². The maximum Gasteiger partial charge on any atom is 0.0866 e. The van der Waals surface area contributed by atoms with Crippen molar-refractivity contribution in [3.05, 3.63) is 35.9 Å². The van der Waals surface area contributed by atoms with Crippen LogP contribution in [0.5, 0.6) is 0 Å². The Morgan fingerprint density at radius 2 is 1.83 bits per heavy atom. The molecule has 1 aromatic carbocycles. The van der Waals surface area contributed by atoms with Crippen molar-refractivity contribution in [1.29, 1.82) is 5.26 Å². The van der Waals surface area contributed by atoms with E-state index in [0.29, 0.717) is 24.5 Å². The summed E-state index contributed by atoms with van der Waals surface area (Å²) in [4.78, 5) is 2.34. The molecule has 0 amide bonds. The molecular formula is C20H29N3. The van der Waals surface area contributed by atoms with Crippen LogP contribution in [0, 0.1) is 17.2 Å². The van der Waals surface area contributed by atoms with E-state index in [1.165, 1.54) is 44.1 Å². The van der Waals surface area contributed by atoms with Gasteiger partial charge in [0, 0.05) is 25.2 Å². The Hall–Kier alpha value is -1.37. The van der Waals surface area contributed by atoms with Crippen molar-refractivity contribution < 1.29 is 0 Å². The largest absolute Gasteiger partial charge is 0.310 e. The normalized spacial score (nSPS) is 26.7. The average Bonchev–Trinajstić information content (AvgIpc) is 2.57. The van der Waals surface area contributed by atoms with E-state index in [-0.39, 0.29) is 0 Å². The lowest BCUT2D eigenvalue weighted by Crippen LogP contribution is -2.52. The van der Waals surface area contributed by atoms with Gasteiger partial charge < -0.3 is 5.32 Å². The molecule has 3 rings (SSSR count). The van der Waals surface area contributed by atoms with Gasteiger partial charge in [-0.1, -0.05) is 49.6 Å². The van der Waals surface area contributed by atoms with Gasteiger partial charge in [-0.25, -0.2) is 0 Å². The van der Waals surface area contributed by atoms with E-state index in [4.69, 9.17) is 5.26 Å². The molecule has 23 heavy (non-hydrogen) atoms. The van der Waals surface area contributed by atoms with Gasteiger partial charge in [0.15, 0.2) is 0 Å². The van der Waals surface area contributed by atoms with E-state index < -0.39 is 0 Å². The summed E-state index contributed by atoms with van der Waals surface area (Å²) in [5.41, 5.74) is 1.42. The molecule has 3 nitrogen and oxygen atoms in total. The van der Waals surface area contributed by atoms with Crippen LogP contribution in [0.1, 0.15) is 44.1 Å². The van der Waals surface area contributed by atoms with Crippen LogP contribution in [0.3, 0.4) is 0 Å². The van der Waals surface area contributed by atoms with Gasteiger partial charge in [-0.3, -0.25) is 4.90 Å². The van der Waals surface area contributed by atoms with E-state index in [2.05, 4.69) is 46.6 Å². The molecule has 2 unspecified atom stereocenters. The average molecular weight is 311 g/mol. The summed E-state index contributed by atoms with van der Waals surface area (Å²) >= 11 is 0. The van der Waals surface area contributed by atoms with Crippen LogP contribution >= 0.6 is 0 Å². The first-order valence-electron chi connectivity index (χ1n) is 9.23. The van der Waals surface area contributed by atoms with E-state index >= 15 is 0 Å². The minimum atomic E-state index is 0.550. The van der Waals surface area contributed by atoms with Crippen molar-refractivity contribution in [1.82, 2.24) is 10.2 Å². The number of piperidine rings is 1. The minimum absolute atomic E-state index is 0.550. The van der Waals surface area contributed by atoms with Crippen LogP contribution in [-0.4, -0.2) is 36.6 Å². The highest BCUT2D eigenvalue weighted by Gasteiger charge is 2.28. The van der Waals surface area contributed by atoms with E-state index in [0.717, 1.165) is 19.5 Å². The predicted octanol–water partition coefficient (Wildman–Crippen LogP) is 3.37. The molecule has 0 aromatic heterocycles. The SMILES string of the molecule is N#CCN1CC(Cc2ccccc2)CC(NC2CCCCC2)C1. The molecule has 2 aliphatic rings. The summed E-state index contributed by atoms with van der Waals surface area (Å²) in [5.74, 6) is 0.653. The maximum atomic E-state index is 9.09. The molecule has 1 heterocycles. The highest BCUT2D eigenvalue weighted by molar-refractivity contribution is 5.15. The minimum Gasteiger partial charge on any atom is -0.310 e. The highest BCUT2D eigenvalue weighted by atomic mass is 15.2. The van der Waals surface area contributed by atoms with Gasteiger partial charge in [-0.15, -0.1) is 0 Å². The van der Waals surface area contributed by atoms with Crippen molar-refractivity contribution in [3.63, 3.8) is 0 Å². The summed E-state index contributed by atoms with van der Waals surface area (Å²) in [6, 6.07) is 14.4. The van der Waals surface area contributed by atoms with Crippen molar-refractivity contribution in [2.75, 3.05) is 19.6 Å². The third kappa shape index (κ3) is 5.06.